The first-order valence-electron chi connectivity index (χ1n) is 6.28. The van der Waals surface area contributed by atoms with Crippen molar-refractivity contribution < 1.29 is 13.5 Å². The van der Waals surface area contributed by atoms with Crippen LogP contribution in [0.1, 0.15) is 24.2 Å². The van der Waals surface area contributed by atoms with Crippen LogP contribution in [0.4, 0.5) is 14.5 Å². The average Bonchev–Trinajstić information content (AvgIpc) is 2.67. The number of nitrogens with one attached hydrogen (secondary N) is 1. The highest BCUT2D eigenvalue weighted by Crippen LogP contribution is 2.29. The van der Waals surface area contributed by atoms with E-state index in [1.54, 1.807) is 22.9 Å². The minimum Gasteiger partial charge on any atom is -0.434 e. The topological polar surface area (TPSA) is 39.1 Å². The number of halogens is 2. The molecule has 1 atom stereocenters. The smallest absolute Gasteiger partial charge is 0.387 e. The van der Waals surface area contributed by atoms with Crippen molar-refractivity contribution >= 4 is 5.69 Å². The van der Waals surface area contributed by atoms with E-state index in [2.05, 4.69) is 15.2 Å². The van der Waals surface area contributed by atoms with Gasteiger partial charge in [0.1, 0.15) is 5.75 Å². The number of hydrogen-bond acceptors (Lipinski definition) is 3. The Hall–Kier alpha value is -2.11. The van der Waals surface area contributed by atoms with Crippen molar-refractivity contribution in [3.05, 3.63) is 41.7 Å². The number of aromatic nitrogens is 2. The molecule has 1 heterocycles. The van der Waals surface area contributed by atoms with Crippen LogP contribution in [0.15, 0.2) is 30.5 Å². The highest BCUT2D eigenvalue weighted by Gasteiger charge is 2.15. The van der Waals surface area contributed by atoms with Gasteiger partial charge in [-0.1, -0.05) is 18.2 Å². The number of aryl methyl sites for hydroxylation is 2. The van der Waals surface area contributed by atoms with Crippen LogP contribution >= 0.6 is 0 Å². The fourth-order valence-corrected chi connectivity index (χ4v) is 2.09. The molecular weight excluding hydrogens is 264 g/mol. The Morgan fingerprint density at radius 3 is 2.60 bits per heavy atom. The number of anilines is 1. The second kappa shape index (κ2) is 5.90. The van der Waals surface area contributed by atoms with Gasteiger partial charge in [0.05, 0.1) is 17.4 Å². The Kier molecular flexibility index (Phi) is 4.22. The molecule has 1 aromatic heterocycles. The van der Waals surface area contributed by atoms with E-state index in [0.29, 0.717) is 5.56 Å². The Morgan fingerprint density at radius 1 is 1.30 bits per heavy atom. The van der Waals surface area contributed by atoms with E-state index in [1.165, 1.54) is 6.07 Å². The van der Waals surface area contributed by atoms with E-state index in [0.717, 1.165) is 11.4 Å². The van der Waals surface area contributed by atoms with Gasteiger partial charge in [-0.15, -0.1) is 0 Å². The number of alkyl halides is 2. The molecule has 0 aliphatic rings. The van der Waals surface area contributed by atoms with Gasteiger partial charge >= 0.3 is 6.61 Å². The number of hydrogen-bond donors (Lipinski definition) is 1. The monoisotopic (exact) mass is 281 g/mol. The molecule has 0 amide bonds. The number of rotatable bonds is 5. The summed E-state index contributed by atoms with van der Waals surface area (Å²) in [4.78, 5) is 0. The summed E-state index contributed by atoms with van der Waals surface area (Å²) in [5.41, 5.74) is 2.40. The van der Waals surface area contributed by atoms with Gasteiger partial charge in [0.15, 0.2) is 0 Å². The van der Waals surface area contributed by atoms with Crippen molar-refractivity contribution in [1.29, 1.82) is 0 Å². The zero-order chi connectivity index (χ0) is 14.7. The van der Waals surface area contributed by atoms with Crippen molar-refractivity contribution in [3.63, 3.8) is 0 Å². The molecule has 0 fully saturated rings. The standard InChI is InChI=1S/C14H17F2N3O/c1-9(17-12-8-19(3)18-10(12)2)11-6-4-5-7-13(11)20-14(15)16/h4-9,14,17H,1-3H3. The third-order valence-corrected chi connectivity index (χ3v) is 2.99. The number of para-hydroxylation sites is 1. The van der Waals surface area contributed by atoms with Crippen LogP contribution in [0.2, 0.25) is 0 Å². The third-order valence-electron chi connectivity index (χ3n) is 2.99. The molecule has 20 heavy (non-hydrogen) atoms. The molecule has 4 nitrogen and oxygen atoms in total. The maximum atomic E-state index is 12.4. The SMILES string of the molecule is Cc1nn(C)cc1NC(C)c1ccccc1OC(F)F. The van der Waals surface area contributed by atoms with E-state index >= 15 is 0 Å². The summed E-state index contributed by atoms with van der Waals surface area (Å²) in [5.74, 6) is 0.184. The lowest BCUT2D eigenvalue weighted by Gasteiger charge is -2.18. The van der Waals surface area contributed by atoms with Gasteiger partial charge in [0, 0.05) is 18.8 Å². The van der Waals surface area contributed by atoms with E-state index in [-0.39, 0.29) is 11.8 Å². The summed E-state index contributed by atoms with van der Waals surface area (Å²) < 4.78 is 31.1. The zero-order valence-electron chi connectivity index (χ0n) is 11.6. The predicted molar refractivity (Wildman–Crippen MR) is 73.1 cm³/mol. The molecule has 0 bridgehead atoms. The lowest BCUT2D eigenvalue weighted by molar-refractivity contribution is -0.0505. The molecule has 108 valence electrons. The molecule has 2 aromatic rings. The Balaban J connectivity index is 2.20. The lowest BCUT2D eigenvalue weighted by Crippen LogP contribution is -2.11. The number of nitrogens with zero attached hydrogens (tertiary/aromatic N) is 2. The van der Waals surface area contributed by atoms with Crippen molar-refractivity contribution in [3.8, 4) is 5.75 Å². The molecule has 1 unspecified atom stereocenters. The second-order valence-corrected chi connectivity index (χ2v) is 4.58. The van der Waals surface area contributed by atoms with E-state index in [1.807, 2.05) is 27.1 Å². The Labute approximate surface area is 116 Å². The number of benzene rings is 1. The molecule has 0 radical (unpaired) electrons. The molecule has 0 saturated heterocycles. The summed E-state index contributed by atoms with van der Waals surface area (Å²) in [6, 6.07) is 6.59. The van der Waals surface area contributed by atoms with Gasteiger partial charge in [-0.3, -0.25) is 4.68 Å². The summed E-state index contributed by atoms with van der Waals surface area (Å²) in [7, 11) is 1.83. The highest BCUT2D eigenvalue weighted by molar-refractivity contribution is 5.49. The number of ether oxygens (including phenoxy) is 1. The van der Waals surface area contributed by atoms with Gasteiger partial charge < -0.3 is 10.1 Å². The molecular formula is C14H17F2N3O. The summed E-state index contributed by atoms with van der Waals surface area (Å²) in [5, 5.41) is 7.48. The molecule has 0 spiro atoms. The van der Waals surface area contributed by atoms with Crippen LogP contribution in [0, 0.1) is 6.92 Å². The molecule has 1 aromatic carbocycles. The molecule has 0 aliphatic carbocycles. The van der Waals surface area contributed by atoms with Crippen LogP contribution < -0.4 is 10.1 Å². The first kappa shape index (κ1) is 14.3. The van der Waals surface area contributed by atoms with Gasteiger partial charge in [-0.2, -0.15) is 13.9 Å². The maximum Gasteiger partial charge on any atom is 0.387 e. The van der Waals surface area contributed by atoms with E-state index in [9.17, 15) is 8.78 Å². The molecule has 0 saturated carbocycles. The maximum absolute atomic E-state index is 12.4. The van der Waals surface area contributed by atoms with Gasteiger partial charge in [-0.25, -0.2) is 0 Å². The molecule has 0 aliphatic heterocycles. The summed E-state index contributed by atoms with van der Waals surface area (Å²) >= 11 is 0. The van der Waals surface area contributed by atoms with Gasteiger partial charge in [0.25, 0.3) is 0 Å². The van der Waals surface area contributed by atoms with Crippen molar-refractivity contribution in [2.45, 2.75) is 26.5 Å². The predicted octanol–water partition coefficient (Wildman–Crippen LogP) is 3.50. The normalized spacial score (nSPS) is 12.5. The zero-order valence-corrected chi connectivity index (χ0v) is 11.6. The second-order valence-electron chi connectivity index (χ2n) is 4.58. The Morgan fingerprint density at radius 2 is 2.00 bits per heavy atom. The minimum atomic E-state index is -2.83. The summed E-state index contributed by atoms with van der Waals surface area (Å²) in [6.07, 6.45) is 1.85. The van der Waals surface area contributed by atoms with Crippen LogP contribution in [-0.2, 0) is 7.05 Å². The van der Waals surface area contributed by atoms with Crippen LogP contribution in [-0.4, -0.2) is 16.4 Å². The van der Waals surface area contributed by atoms with Gasteiger partial charge in [-0.05, 0) is 19.9 Å². The third kappa shape index (κ3) is 3.26. The van der Waals surface area contributed by atoms with Crippen molar-refractivity contribution in [2.75, 3.05) is 5.32 Å². The first-order chi connectivity index (χ1) is 9.47. The quantitative estimate of drug-likeness (QED) is 0.911. The largest absolute Gasteiger partial charge is 0.434 e. The minimum absolute atomic E-state index is 0.173. The van der Waals surface area contributed by atoms with Gasteiger partial charge in [0.2, 0.25) is 0 Å². The summed E-state index contributed by atoms with van der Waals surface area (Å²) in [6.45, 7) is 0.944. The Bertz CT molecular complexity index is 584. The van der Waals surface area contributed by atoms with Crippen LogP contribution in [0.3, 0.4) is 0 Å². The molecule has 6 heteroatoms. The van der Waals surface area contributed by atoms with E-state index < -0.39 is 6.61 Å². The molecule has 1 N–H and O–H groups in total. The highest BCUT2D eigenvalue weighted by atomic mass is 19.3. The first-order valence-corrected chi connectivity index (χ1v) is 6.28. The average molecular weight is 281 g/mol. The molecule has 2 rings (SSSR count). The van der Waals surface area contributed by atoms with E-state index in [4.69, 9.17) is 0 Å². The van der Waals surface area contributed by atoms with Crippen molar-refractivity contribution in [2.24, 2.45) is 7.05 Å². The fourth-order valence-electron chi connectivity index (χ4n) is 2.09. The van der Waals surface area contributed by atoms with Crippen LogP contribution in [0.25, 0.3) is 0 Å². The van der Waals surface area contributed by atoms with Crippen molar-refractivity contribution in [1.82, 2.24) is 9.78 Å². The van der Waals surface area contributed by atoms with Crippen LogP contribution in [0.5, 0.6) is 5.75 Å². The fraction of sp³-hybridized carbons (Fsp3) is 0.357. The lowest BCUT2D eigenvalue weighted by atomic mass is 10.1.